The van der Waals surface area contributed by atoms with Crippen molar-refractivity contribution < 1.29 is 9.59 Å². The van der Waals surface area contributed by atoms with Crippen LogP contribution in [0.3, 0.4) is 0 Å². The minimum absolute atomic E-state index is 0.119. The molecule has 0 radical (unpaired) electrons. The number of hydrogen-bond donors (Lipinski definition) is 2. The van der Waals surface area contributed by atoms with Crippen LogP contribution in [0.25, 0.3) is 11.4 Å². The monoisotopic (exact) mass is 469 g/mol. The van der Waals surface area contributed by atoms with Crippen molar-refractivity contribution in [3.8, 4) is 11.4 Å². The second-order valence-electron chi connectivity index (χ2n) is 8.33. The summed E-state index contributed by atoms with van der Waals surface area (Å²) in [6.07, 6.45) is 6.86. The minimum atomic E-state index is -0.326. The Morgan fingerprint density at radius 1 is 1.12 bits per heavy atom. The van der Waals surface area contributed by atoms with Crippen LogP contribution in [0.4, 0.5) is 5.13 Å². The average Bonchev–Trinajstić information content (AvgIpc) is 3.43. The average molecular weight is 470 g/mol. The van der Waals surface area contributed by atoms with Crippen LogP contribution in [0.1, 0.15) is 62.2 Å². The molecule has 0 fully saturated rings. The number of pyridine rings is 1. The van der Waals surface area contributed by atoms with E-state index in [0.717, 1.165) is 35.8 Å². The fourth-order valence-electron chi connectivity index (χ4n) is 2.78. The molecule has 2 N–H and O–H groups in total. The lowest BCUT2D eigenvalue weighted by atomic mass is 10.1. The number of carbonyl (C=O) groups is 2. The zero-order valence-corrected chi connectivity index (χ0v) is 21.3. The van der Waals surface area contributed by atoms with Crippen LogP contribution in [0, 0.1) is 12.8 Å². The van der Waals surface area contributed by atoms with Gasteiger partial charge in [0, 0.05) is 30.5 Å². The number of nitrogens with zero attached hydrogens (tertiary/aromatic N) is 3. The summed E-state index contributed by atoms with van der Waals surface area (Å²) < 4.78 is 1.77. The number of carbonyl (C=O) groups excluding carboxylic acids is 2. The molecule has 0 aliphatic rings. The third-order valence-corrected chi connectivity index (χ3v) is 5.81. The van der Waals surface area contributed by atoms with E-state index in [-0.39, 0.29) is 18.4 Å². The molecule has 0 spiro atoms. The van der Waals surface area contributed by atoms with Crippen LogP contribution in [-0.4, -0.2) is 32.9 Å². The van der Waals surface area contributed by atoms with Gasteiger partial charge < -0.3 is 15.2 Å². The van der Waals surface area contributed by atoms with Gasteiger partial charge >= 0.3 is 0 Å². The van der Waals surface area contributed by atoms with Crippen molar-refractivity contribution in [2.75, 3.05) is 11.9 Å². The van der Waals surface area contributed by atoms with Crippen LogP contribution < -0.4 is 10.6 Å². The molecule has 0 aliphatic carbocycles. The third-order valence-electron chi connectivity index (χ3n) is 5.05. The molecule has 2 amide bonds. The molecule has 3 aromatic rings. The number of aryl methyl sites for hydroxylation is 3. The fraction of sp³-hybridized carbons (Fsp3) is 0.440. The van der Waals surface area contributed by atoms with Gasteiger partial charge in [-0.3, -0.25) is 14.6 Å². The van der Waals surface area contributed by atoms with Crippen LogP contribution in [-0.2, 0) is 18.3 Å². The van der Waals surface area contributed by atoms with Gasteiger partial charge in [-0.2, -0.15) is 0 Å². The van der Waals surface area contributed by atoms with Gasteiger partial charge in [-0.25, -0.2) is 4.98 Å². The molecule has 3 heterocycles. The quantitative estimate of drug-likeness (QED) is 0.473. The number of amides is 2. The molecular formula is C25H35N5O2S. The lowest BCUT2D eigenvalue weighted by Gasteiger charge is -2.05. The second kappa shape index (κ2) is 12.9. The molecule has 0 unspecified atom stereocenters. The summed E-state index contributed by atoms with van der Waals surface area (Å²) >= 11 is 1.33. The highest BCUT2D eigenvalue weighted by atomic mass is 32.1. The van der Waals surface area contributed by atoms with Crippen molar-refractivity contribution in [3.63, 3.8) is 0 Å². The number of hydrogen-bond acceptors (Lipinski definition) is 5. The van der Waals surface area contributed by atoms with Crippen molar-refractivity contribution in [2.24, 2.45) is 13.0 Å². The maximum Gasteiger partial charge on any atom is 0.253 e. The van der Waals surface area contributed by atoms with Gasteiger partial charge in [0.05, 0.1) is 17.8 Å². The number of nitrogens with one attached hydrogen (secondary N) is 2. The molecular weight excluding hydrogens is 434 g/mol. The standard InChI is InChI=1S/C20H23N5O2S.C5H12/c1-4-5-14-6-7-16(22-13(14)2)17-12-28-20(23-17)24-18(26)10-21-19(27)15-8-9-25(3)11-15;1-4-5(2)3/h6-9,11-12H,4-5,10H2,1-3H3,(H,21,27)(H,23,24,26);5H,4H2,1-3H3. The molecule has 0 atom stereocenters. The van der Waals surface area contributed by atoms with E-state index in [2.05, 4.69) is 54.4 Å². The highest BCUT2D eigenvalue weighted by molar-refractivity contribution is 7.14. The maximum absolute atomic E-state index is 12.1. The van der Waals surface area contributed by atoms with Gasteiger partial charge in [0.2, 0.25) is 5.91 Å². The van der Waals surface area contributed by atoms with Crippen molar-refractivity contribution in [1.29, 1.82) is 0 Å². The van der Waals surface area contributed by atoms with Gasteiger partial charge in [-0.1, -0.05) is 46.6 Å². The van der Waals surface area contributed by atoms with E-state index < -0.39 is 0 Å². The first-order valence-corrected chi connectivity index (χ1v) is 12.2. The SMILES string of the molecule is CCC(C)C.CCCc1ccc(-c2csc(NC(=O)CNC(=O)c3ccn(C)c3)n2)nc1C. The van der Waals surface area contributed by atoms with E-state index in [9.17, 15) is 9.59 Å². The van der Waals surface area contributed by atoms with Crippen molar-refractivity contribution >= 4 is 28.3 Å². The predicted molar refractivity (Wildman–Crippen MR) is 136 cm³/mol. The summed E-state index contributed by atoms with van der Waals surface area (Å²) in [5, 5.41) is 7.65. The lowest BCUT2D eigenvalue weighted by Crippen LogP contribution is -2.32. The summed E-state index contributed by atoms with van der Waals surface area (Å²) in [6.45, 7) is 10.7. The van der Waals surface area contributed by atoms with Crippen molar-refractivity contribution in [3.05, 3.63) is 52.8 Å². The van der Waals surface area contributed by atoms with E-state index in [1.807, 2.05) is 25.4 Å². The first-order valence-electron chi connectivity index (χ1n) is 11.4. The first kappa shape index (κ1) is 26.3. The minimum Gasteiger partial charge on any atom is -0.356 e. The van der Waals surface area contributed by atoms with E-state index in [4.69, 9.17) is 0 Å². The molecule has 8 heteroatoms. The normalized spacial score (nSPS) is 10.5. The van der Waals surface area contributed by atoms with E-state index in [1.54, 1.807) is 23.0 Å². The zero-order valence-electron chi connectivity index (χ0n) is 20.4. The Morgan fingerprint density at radius 3 is 2.42 bits per heavy atom. The number of thiazole rings is 1. The van der Waals surface area contributed by atoms with Gasteiger partial charge in [0.1, 0.15) is 5.69 Å². The second-order valence-corrected chi connectivity index (χ2v) is 9.19. The van der Waals surface area contributed by atoms with E-state index in [1.165, 1.54) is 23.3 Å². The first-order chi connectivity index (χ1) is 15.7. The molecule has 3 aromatic heterocycles. The Morgan fingerprint density at radius 2 is 1.85 bits per heavy atom. The van der Waals surface area contributed by atoms with Gasteiger partial charge in [0.25, 0.3) is 5.91 Å². The van der Waals surface area contributed by atoms with Crippen LogP contribution in [0.5, 0.6) is 0 Å². The van der Waals surface area contributed by atoms with Crippen LogP contribution in [0.15, 0.2) is 36.0 Å². The van der Waals surface area contributed by atoms with E-state index in [0.29, 0.717) is 10.7 Å². The summed E-state index contributed by atoms with van der Waals surface area (Å²) in [5.74, 6) is 0.269. The van der Waals surface area contributed by atoms with Crippen LogP contribution in [0.2, 0.25) is 0 Å². The summed E-state index contributed by atoms with van der Waals surface area (Å²) in [6, 6.07) is 5.73. The Labute approximate surface area is 200 Å². The molecule has 7 nitrogen and oxygen atoms in total. The summed E-state index contributed by atoms with van der Waals surface area (Å²) in [4.78, 5) is 33.1. The third kappa shape index (κ3) is 8.46. The van der Waals surface area contributed by atoms with Gasteiger partial charge in [0.15, 0.2) is 5.13 Å². The molecule has 0 saturated heterocycles. The molecule has 0 bridgehead atoms. The van der Waals surface area contributed by atoms with Gasteiger partial charge in [-0.05, 0) is 37.0 Å². The Balaban J connectivity index is 0.000000696. The predicted octanol–water partition coefficient (Wildman–Crippen LogP) is 5.23. The van der Waals surface area contributed by atoms with Crippen LogP contribution >= 0.6 is 11.3 Å². The molecule has 0 saturated carbocycles. The largest absolute Gasteiger partial charge is 0.356 e. The molecule has 0 aromatic carbocycles. The molecule has 178 valence electrons. The zero-order chi connectivity index (χ0) is 24.4. The Hall–Kier alpha value is -3.00. The smallest absolute Gasteiger partial charge is 0.253 e. The molecule has 0 aliphatic heterocycles. The number of aromatic nitrogens is 3. The summed E-state index contributed by atoms with van der Waals surface area (Å²) in [5.41, 5.74) is 4.26. The fourth-order valence-corrected chi connectivity index (χ4v) is 3.50. The highest BCUT2D eigenvalue weighted by Crippen LogP contribution is 2.24. The molecule has 33 heavy (non-hydrogen) atoms. The number of anilines is 1. The highest BCUT2D eigenvalue weighted by Gasteiger charge is 2.12. The Kier molecular flexibility index (Phi) is 10.3. The summed E-state index contributed by atoms with van der Waals surface area (Å²) in [7, 11) is 1.83. The lowest BCUT2D eigenvalue weighted by molar-refractivity contribution is -0.115. The van der Waals surface area contributed by atoms with Crippen molar-refractivity contribution in [1.82, 2.24) is 19.9 Å². The molecule has 3 rings (SSSR count). The topological polar surface area (TPSA) is 88.9 Å². The van der Waals surface area contributed by atoms with Crippen molar-refractivity contribution in [2.45, 2.75) is 53.9 Å². The maximum atomic E-state index is 12.1. The Bertz CT molecular complexity index is 1050. The van der Waals surface area contributed by atoms with E-state index >= 15 is 0 Å². The van der Waals surface area contributed by atoms with Gasteiger partial charge in [-0.15, -0.1) is 11.3 Å². The number of rotatable bonds is 8.